The van der Waals surface area contributed by atoms with Crippen molar-refractivity contribution in [3.8, 4) is 28.4 Å². The molecule has 2 atom stereocenters. The normalized spacial score (nSPS) is 16.8. The summed E-state index contributed by atoms with van der Waals surface area (Å²) in [6.45, 7) is 6.61. The Labute approximate surface area is 329 Å². The van der Waals surface area contributed by atoms with Gasteiger partial charge in [-0.05, 0) is 63.9 Å². The van der Waals surface area contributed by atoms with Crippen LogP contribution in [-0.4, -0.2) is 70.7 Å². The van der Waals surface area contributed by atoms with Crippen molar-refractivity contribution in [2.75, 3.05) is 25.5 Å². The van der Waals surface area contributed by atoms with E-state index in [9.17, 15) is 14.4 Å². The van der Waals surface area contributed by atoms with Crippen LogP contribution in [0.1, 0.15) is 57.6 Å². The summed E-state index contributed by atoms with van der Waals surface area (Å²) in [6.07, 6.45) is 3.36. The number of aromatic nitrogens is 2. The summed E-state index contributed by atoms with van der Waals surface area (Å²) in [6, 6.07) is 15.5. The average molecular weight is 793 g/mol. The molecule has 2 saturated heterocycles. The van der Waals surface area contributed by atoms with Crippen LogP contribution in [0, 0.1) is 5.82 Å². The van der Waals surface area contributed by atoms with E-state index in [1.165, 1.54) is 7.11 Å². The maximum Gasteiger partial charge on any atom is 0.410 e. The molecule has 15 heteroatoms. The van der Waals surface area contributed by atoms with E-state index in [0.717, 1.165) is 6.42 Å². The summed E-state index contributed by atoms with van der Waals surface area (Å²) >= 11 is 14.0. The Bertz CT molecular complexity index is 2080. The summed E-state index contributed by atoms with van der Waals surface area (Å²) in [4.78, 5) is 47.5. The van der Waals surface area contributed by atoms with Gasteiger partial charge in [0.1, 0.15) is 5.60 Å². The molecule has 4 aromatic rings. The highest BCUT2D eigenvalue weighted by molar-refractivity contribution is 6.39. The maximum atomic E-state index is 15.6. The fourth-order valence-corrected chi connectivity index (χ4v) is 7.12. The number of halogens is 3. The Hall–Kier alpha value is -4.98. The molecule has 3 amide bonds. The number of pyridine rings is 2. The lowest BCUT2D eigenvalue weighted by atomic mass is 10.0. The van der Waals surface area contributed by atoms with E-state index in [-0.39, 0.29) is 65.1 Å². The number of ether oxygens (including phenoxy) is 2. The topological polar surface area (TPSA) is 147 Å². The summed E-state index contributed by atoms with van der Waals surface area (Å²) in [5.74, 6) is -0.155. The number of anilines is 2. The molecule has 0 aliphatic carbocycles. The fraction of sp³-hybridized carbons (Fsp3) is 0.375. The summed E-state index contributed by atoms with van der Waals surface area (Å²) in [7, 11) is 1.49. The van der Waals surface area contributed by atoms with E-state index >= 15 is 4.39 Å². The van der Waals surface area contributed by atoms with Gasteiger partial charge in [-0.1, -0.05) is 47.5 Å². The average Bonchev–Trinajstić information content (AvgIpc) is 3.76. The third-order valence-corrected chi connectivity index (χ3v) is 10.0. The molecular formula is C40H44Cl2FN7O5. The molecule has 0 bridgehead atoms. The lowest BCUT2D eigenvalue weighted by molar-refractivity contribution is -0.120. The molecule has 55 heavy (non-hydrogen) atoms. The molecule has 0 radical (unpaired) electrons. The van der Waals surface area contributed by atoms with Crippen LogP contribution in [-0.2, 0) is 27.4 Å². The van der Waals surface area contributed by atoms with E-state index in [0.29, 0.717) is 65.1 Å². The van der Waals surface area contributed by atoms with Crippen LogP contribution >= 0.6 is 23.2 Å². The second-order valence-corrected chi connectivity index (χ2v) is 15.3. The first-order valence-electron chi connectivity index (χ1n) is 18.1. The number of methoxy groups -OCH3 is 1. The van der Waals surface area contributed by atoms with Crippen molar-refractivity contribution < 1.29 is 28.2 Å². The van der Waals surface area contributed by atoms with Crippen LogP contribution in [0.2, 0.25) is 10.0 Å². The van der Waals surface area contributed by atoms with Crippen molar-refractivity contribution in [1.29, 1.82) is 0 Å². The predicted octanol–water partition coefficient (Wildman–Crippen LogP) is 7.39. The van der Waals surface area contributed by atoms with Crippen molar-refractivity contribution in [2.24, 2.45) is 0 Å². The van der Waals surface area contributed by atoms with E-state index in [4.69, 9.17) is 37.7 Å². The highest BCUT2D eigenvalue weighted by Gasteiger charge is 2.30. The third-order valence-electron chi connectivity index (χ3n) is 9.23. The van der Waals surface area contributed by atoms with Crippen LogP contribution in [0.5, 0.6) is 5.88 Å². The lowest BCUT2D eigenvalue weighted by Gasteiger charge is -2.29. The molecule has 2 fully saturated rings. The number of hydrogen-bond donors (Lipinski definition) is 4. The van der Waals surface area contributed by atoms with E-state index in [2.05, 4.69) is 26.3 Å². The Morgan fingerprint density at radius 1 is 0.927 bits per heavy atom. The maximum absolute atomic E-state index is 15.6. The summed E-state index contributed by atoms with van der Waals surface area (Å²) in [5.41, 5.74) is 3.05. The minimum absolute atomic E-state index is 0.0342. The van der Waals surface area contributed by atoms with Gasteiger partial charge in [-0.15, -0.1) is 0 Å². The first-order valence-corrected chi connectivity index (χ1v) is 18.8. The van der Waals surface area contributed by atoms with Gasteiger partial charge in [0.2, 0.25) is 17.7 Å². The van der Waals surface area contributed by atoms with Crippen LogP contribution in [0.15, 0.2) is 60.8 Å². The van der Waals surface area contributed by atoms with Gasteiger partial charge in [0.15, 0.2) is 5.82 Å². The largest absolute Gasteiger partial charge is 0.481 e. The second-order valence-electron chi connectivity index (χ2n) is 14.6. The van der Waals surface area contributed by atoms with Crippen LogP contribution in [0.4, 0.5) is 20.6 Å². The molecule has 0 spiro atoms. The molecule has 4 N–H and O–H groups in total. The summed E-state index contributed by atoms with van der Waals surface area (Å²) < 4.78 is 27.0. The van der Waals surface area contributed by atoms with Crippen molar-refractivity contribution >= 4 is 52.5 Å². The minimum Gasteiger partial charge on any atom is -0.481 e. The van der Waals surface area contributed by atoms with Crippen molar-refractivity contribution in [3.05, 3.63) is 87.8 Å². The molecular weight excluding hydrogens is 748 g/mol. The molecule has 0 saturated carbocycles. The minimum atomic E-state index is -0.717. The number of benzene rings is 2. The van der Waals surface area contributed by atoms with Crippen LogP contribution in [0.3, 0.4) is 0 Å². The van der Waals surface area contributed by atoms with E-state index in [1.54, 1.807) is 80.4 Å². The zero-order chi connectivity index (χ0) is 39.3. The number of hydrogen-bond acceptors (Lipinski definition) is 9. The van der Waals surface area contributed by atoms with Gasteiger partial charge in [-0.3, -0.25) is 14.6 Å². The van der Waals surface area contributed by atoms with Gasteiger partial charge in [-0.25, -0.2) is 14.2 Å². The van der Waals surface area contributed by atoms with Gasteiger partial charge >= 0.3 is 6.09 Å². The standard InChI is InChI=1S/C40H44Cl2FN7O5/c1-40(2,3)55-39(53)50(22-26-13-16-33(52)47-26)21-24-11-14-29(49-38(24)54-4)27-17-18-45-37(35(27)42)28-8-6-9-30(34(28)41)48-31-10-5-7-23(36(31)43)19-44-20-25-12-15-32(51)46-25/h5-11,14,17-18,25-26,44,48H,12-13,15-16,19-22H2,1-4H3,(H,46,51)(H,47,52)/t25-,26-/m0/s1. The Kier molecular flexibility index (Phi) is 12.4. The number of nitrogens with one attached hydrogen (secondary N) is 4. The summed E-state index contributed by atoms with van der Waals surface area (Å²) in [5, 5.41) is 12.7. The molecule has 0 unspecified atom stereocenters. The lowest BCUT2D eigenvalue weighted by Crippen LogP contribution is -2.43. The van der Waals surface area contributed by atoms with Crippen molar-refractivity contribution in [2.45, 2.75) is 77.2 Å². The number of carbonyl (C=O) groups is 3. The monoisotopic (exact) mass is 791 g/mol. The van der Waals surface area contributed by atoms with E-state index < -0.39 is 17.5 Å². The Balaban J connectivity index is 1.21. The molecule has 4 heterocycles. The number of amides is 3. The predicted molar refractivity (Wildman–Crippen MR) is 210 cm³/mol. The molecule has 12 nitrogen and oxygen atoms in total. The molecule has 2 aromatic heterocycles. The van der Waals surface area contributed by atoms with Crippen LogP contribution in [0.25, 0.3) is 22.5 Å². The quantitative estimate of drug-likeness (QED) is 0.109. The number of carbonyl (C=O) groups excluding carboxylic acids is 3. The Morgan fingerprint density at radius 3 is 2.33 bits per heavy atom. The first-order chi connectivity index (χ1) is 26.3. The number of rotatable bonds is 13. The van der Waals surface area contributed by atoms with Crippen LogP contribution < -0.4 is 26.0 Å². The molecule has 6 rings (SSSR count). The first kappa shape index (κ1) is 39.7. The molecule has 290 valence electrons. The Morgan fingerprint density at radius 2 is 1.64 bits per heavy atom. The molecule has 2 aliphatic heterocycles. The smallest absolute Gasteiger partial charge is 0.410 e. The van der Waals surface area contributed by atoms with Gasteiger partial charge < -0.3 is 35.6 Å². The highest BCUT2D eigenvalue weighted by atomic mass is 35.5. The number of nitrogens with zero attached hydrogens (tertiary/aromatic N) is 3. The molecule has 2 aliphatic rings. The third kappa shape index (κ3) is 9.83. The molecule has 2 aromatic carbocycles. The van der Waals surface area contributed by atoms with Gasteiger partial charge in [-0.2, -0.15) is 0 Å². The van der Waals surface area contributed by atoms with Crippen molar-refractivity contribution in [1.82, 2.24) is 30.8 Å². The highest BCUT2D eigenvalue weighted by Crippen LogP contribution is 2.41. The zero-order valence-corrected chi connectivity index (χ0v) is 32.6. The van der Waals surface area contributed by atoms with Gasteiger partial charge in [0.05, 0.1) is 46.5 Å². The van der Waals surface area contributed by atoms with Gasteiger partial charge in [0.25, 0.3) is 0 Å². The SMILES string of the molecule is COc1nc(-c2ccnc(-c3cccc(Nc4cccc(CNC[C@@H]5CCC(=O)N5)c4F)c3Cl)c2Cl)ccc1CN(C[C@@H]1CCC(=O)N1)C(=O)OC(C)(C)C. The van der Waals surface area contributed by atoms with Gasteiger partial charge in [0, 0.05) is 73.0 Å². The zero-order valence-electron chi connectivity index (χ0n) is 31.1. The second kappa shape index (κ2) is 17.2. The van der Waals surface area contributed by atoms with E-state index in [1.807, 2.05) is 6.07 Å². The van der Waals surface area contributed by atoms with Crippen molar-refractivity contribution in [3.63, 3.8) is 0 Å². The fourth-order valence-electron chi connectivity index (χ4n) is 6.54.